The van der Waals surface area contributed by atoms with Crippen LogP contribution in [-0.4, -0.2) is 82.5 Å². The molecule has 0 fully saturated rings. The molecule has 0 aromatic heterocycles. The molecular formula is C26H45O9P. The van der Waals surface area contributed by atoms with Gasteiger partial charge in [0.05, 0.1) is 78.1 Å². The average Bonchev–Trinajstić information content (AvgIpc) is 2.83. The molecule has 2 N–H and O–H groups in total. The summed E-state index contributed by atoms with van der Waals surface area (Å²) >= 11 is 0. The van der Waals surface area contributed by atoms with Crippen molar-refractivity contribution in [1.29, 1.82) is 0 Å². The predicted molar refractivity (Wildman–Crippen MR) is 142 cm³/mol. The van der Waals surface area contributed by atoms with Crippen LogP contribution in [0, 0.1) is 10.8 Å². The summed E-state index contributed by atoms with van der Waals surface area (Å²) in [6, 6.07) is 0. The van der Waals surface area contributed by atoms with Crippen LogP contribution in [0.3, 0.4) is 0 Å². The number of hydrogen-bond acceptors (Lipinski definition) is 7. The Labute approximate surface area is 216 Å². The van der Waals surface area contributed by atoms with Crippen LogP contribution in [0.5, 0.6) is 0 Å². The van der Waals surface area contributed by atoms with E-state index < -0.39 is 18.7 Å². The van der Waals surface area contributed by atoms with E-state index in [4.69, 9.17) is 28.2 Å². The first-order chi connectivity index (χ1) is 17.2. The van der Waals surface area contributed by atoms with Crippen molar-refractivity contribution in [3.63, 3.8) is 0 Å². The molecular weight excluding hydrogens is 487 g/mol. The SMILES string of the molecule is C=CCCCC(COCC=C)(COCC(COCC=C)(COCC=C)COCC=C)COP(=O)(O)O. The van der Waals surface area contributed by atoms with Crippen molar-refractivity contribution in [3.8, 4) is 0 Å². The van der Waals surface area contributed by atoms with Crippen LogP contribution in [0.25, 0.3) is 0 Å². The smallest absolute Gasteiger partial charge is 0.380 e. The van der Waals surface area contributed by atoms with Gasteiger partial charge in [-0.05, 0) is 19.3 Å². The predicted octanol–water partition coefficient (Wildman–Crippen LogP) is 4.25. The Kier molecular flexibility index (Phi) is 19.8. The summed E-state index contributed by atoms with van der Waals surface area (Å²) in [5.41, 5.74) is -1.47. The highest BCUT2D eigenvalue weighted by Gasteiger charge is 2.37. The van der Waals surface area contributed by atoms with Crippen LogP contribution in [-0.2, 0) is 32.8 Å². The molecule has 1 unspecified atom stereocenters. The number of phosphoric ester groups is 1. The Bertz CT molecular complexity index is 624. The Hall–Kier alpha value is -1.39. The molecule has 0 radical (unpaired) electrons. The van der Waals surface area contributed by atoms with Crippen molar-refractivity contribution in [3.05, 3.63) is 63.3 Å². The van der Waals surface area contributed by atoms with Crippen molar-refractivity contribution < 1.29 is 42.6 Å². The van der Waals surface area contributed by atoms with Crippen LogP contribution in [0.4, 0.5) is 0 Å². The van der Waals surface area contributed by atoms with E-state index in [2.05, 4.69) is 32.9 Å². The van der Waals surface area contributed by atoms with Crippen LogP contribution in [0.1, 0.15) is 19.3 Å². The van der Waals surface area contributed by atoms with Crippen molar-refractivity contribution in [2.24, 2.45) is 10.8 Å². The number of ether oxygens (including phenoxy) is 5. The summed E-state index contributed by atoms with van der Waals surface area (Å²) < 4.78 is 45.6. The fourth-order valence-corrected chi connectivity index (χ4v) is 3.80. The summed E-state index contributed by atoms with van der Waals surface area (Å²) in [7, 11) is -4.70. The maximum atomic E-state index is 11.5. The van der Waals surface area contributed by atoms with E-state index in [0.29, 0.717) is 32.7 Å². The minimum absolute atomic E-state index is 0.118. The van der Waals surface area contributed by atoms with E-state index in [9.17, 15) is 14.4 Å². The lowest BCUT2D eigenvalue weighted by Gasteiger charge is -2.36. The first kappa shape index (κ1) is 34.6. The third kappa shape index (κ3) is 17.1. The van der Waals surface area contributed by atoms with E-state index in [1.807, 2.05) is 0 Å². The molecule has 0 amide bonds. The summed E-state index contributed by atoms with van der Waals surface area (Å²) in [6.45, 7) is 20.9. The molecule has 0 aliphatic carbocycles. The molecule has 208 valence electrons. The van der Waals surface area contributed by atoms with Gasteiger partial charge in [-0.3, -0.25) is 4.52 Å². The zero-order valence-corrected chi connectivity index (χ0v) is 22.4. The second kappa shape index (κ2) is 20.6. The number of phosphoric acid groups is 1. The van der Waals surface area contributed by atoms with Gasteiger partial charge in [-0.15, -0.1) is 32.9 Å². The maximum Gasteiger partial charge on any atom is 0.469 e. The maximum absolute atomic E-state index is 11.5. The molecule has 36 heavy (non-hydrogen) atoms. The van der Waals surface area contributed by atoms with E-state index in [1.54, 1.807) is 30.4 Å². The standard InChI is InChI=1S/C26H45O9P/c1-6-11-12-13-25(18-30-14-7-2,24-35-36(27,28)29)19-34-23-26(20-31-15-8-3,21-32-16-9-4)22-33-17-10-5/h6-10H,1-5,11-24H2,(H2,27,28,29). The van der Waals surface area contributed by atoms with E-state index in [1.165, 1.54) is 0 Å². The largest absolute Gasteiger partial charge is 0.469 e. The van der Waals surface area contributed by atoms with Crippen LogP contribution >= 0.6 is 7.82 Å². The van der Waals surface area contributed by atoms with E-state index >= 15 is 0 Å². The van der Waals surface area contributed by atoms with Gasteiger partial charge in [-0.2, -0.15) is 0 Å². The van der Waals surface area contributed by atoms with Gasteiger partial charge in [-0.25, -0.2) is 4.57 Å². The second-order valence-electron chi connectivity index (χ2n) is 8.65. The third-order valence-corrected chi connectivity index (χ3v) is 5.51. The Balaban J connectivity index is 5.74. The Morgan fingerprint density at radius 1 is 0.583 bits per heavy atom. The molecule has 0 rings (SSSR count). The molecule has 0 saturated heterocycles. The van der Waals surface area contributed by atoms with Crippen LogP contribution < -0.4 is 0 Å². The van der Waals surface area contributed by atoms with Gasteiger partial charge >= 0.3 is 7.82 Å². The van der Waals surface area contributed by atoms with Gasteiger partial charge in [0, 0.05) is 5.41 Å². The lowest BCUT2D eigenvalue weighted by Crippen LogP contribution is -2.44. The topological polar surface area (TPSA) is 113 Å². The van der Waals surface area contributed by atoms with Crippen LogP contribution in [0.2, 0.25) is 0 Å². The molecule has 0 aromatic rings. The lowest BCUT2D eigenvalue weighted by molar-refractivity contribution is -0.120. The molecule has 0 aromatic carbocycles. The molecule has 0 aliphatic rings. The molecule has 10 heteroatoms. The monoisotopic (exact) mass is 532 g/mol. The fourth-order valence-electron chi connectivity index (χ4n) is 3.35. The van der Waals surface area contributed by atoms with E-state index in [0.717, 1.165) is 6.42 Å². The summed E-state index contributed by atoms with van der Waals surface area (Å²) in [6.07, 6.45) is 10.3. The van der Waals surface area contributed by atoms with Crippen molar-refractivity contribution in [1.82, 2.24) is 0 Å². The Morgan fingerprint density at radius 3 is 1.36 bits per heavy atom. The number of unbranched alkanes of at least 4 members (excludes halogenated alkanes) is 1. The molecule has 1 atom stereocenters. The fraction of sp³-hybridized carbons (Fsp3) is 0.615. The van der Waals surface area contributed by atoms with Gasteiger partial charge in [-0.1, -0.05) is 30.4 Å². The van der Waals surface area contributed by atoms with Crippen molar-refractivity contribution >= 4 is 7.82 Å². The summed E-state index contributed by atoms with van der Waals surface area (Å²) in [4.78, 5) is 18.7. The lowest BCUT2D eigenvalue weighted by atomic mass is 9.84. The average molecular weight is 533 g/mol. The number of hydrogen-bond donors (Lipinski definition) is 2. The molecule has 0 saturated carbocycles. The highest BCUT2D eigenvalue weighted by atomic mass is 31.2. The first-order valence-corrected chi connectivity index (χ1v) is 13.4. The van der Waals surface area contributed by atoms with Gasteiger partial charge in [0.2, 0.25) is 0 Å². The van der Waals surface area contributed by atoms with Gasteiger partial charge in [0.15, 0.2) is 0 Å². The quantitative estimate of drug-likeness (QED) is 0.0911. The van der Waals surface area contributed by atoms with Crippen LogP contribution in [0.15, 0.2) is 63.3 Å². The van der Waals surface area contributed by atoms with Crippen molar-refractivity contribution in [2.45, 2.75) is 19.3 Å². The molecule has 0 spiro atoms. The van der Waals surface area contributed by atoms with Crippen molar-refractivity contribution in [2.75, 3.05) is 72.7 Å². The van der Waals surface area contributed by atoms with Gasteiger partial charge in [0.25, 0.3) is 0 Å². The van der Waals surface area contributed by atoms with Gasteiger partial charge < -0.3 is 33.5 Å². The van der Waals surface area contributed by atoms with Gasteiger partial charge in [0.1, 0.15) is 0 Å². The first-order valence-electron chi connectivity index (χ1n) is 11.9. The second-order valence-corrected chi connectivity index (χ2v) is 9.89. The highest BCUT2D eigenvalue weighted by Crippen LogP contribution is 2.40. The number of allylic oxidation sites excluding steroid dienone is 1. The minimum atomic E-state index is -4.70. The number of rotatable bonds is 27. The molecule has 0 aliphatic heterocycles. The Morgan fingerprint density at radius 2 is 0.972 bits per heavy atom. The minimum Gasteiger partial charge on any atom is -0.380 e. The van der Waals surface area contributed by atoms with E-state index in [-0.39, 0.29) is 52.9 Å². The summed E-state index contributed by atoms with van der Waals surface area (Å²) in [5, 5.41) is 0. The normalized spacial score (nSPS) is 13.6. The third-order valence-electron chi connectivity index (χ3n) is 5.05. The molecule has 0 bridgehead atoms. The zero-order valence-electron chi connectivity index (χ0n) is 21.5. The highest BCUT2D eigenvalue weighted by molar-refractivity contribution is 7.46. The summed E-state index contributed by atoms with van der Waals surface area (Å²) in [5.74, 6) is 0. The molecule has 0 heterocycles. The zero-order chi connectivity index (χ0) is 27.2. The molecule has 9 nitrogen and oxygen atoms in total.